The lowest BCUT2D eigenvalue weighted by Gasteiger charge is -2.35. The number of nitrogens with one attached hydrogen (secondary N) is 1. The number of benzene rings is 2. The first-order chi connectivity index (χ1) is 13.7. The van der Waals surface area contributed by atoms with Gasteiger partial charge >= 0.3 is 0 Å². The zero-order valence-corrected chi connectivity index (χ0v) is 16.1. The van der Waals surface area contributed by atoms with Crippen LogP contribution in [0.5, 0.6) is 0 Å². The number of fused-ring (bicyclic) bond motifs is 1. The van der Waals surface area contributed by atoms with E-state index in [1.807, 2.05) is 29.2 Å². The Morgan fingerprint density at radius 3 is 2.46 bits per heavy atom. The highest BCUT2D eigenvalue weighted by Gasteiger charge is 2.28. The van der Waals surface area contributed by atoms with Gasteiger partial charge in [-0.1, -0.05) is 48.5 Å². The second-order valence-electron chi connectivity index (χ2n) is 7.73. The number of para-hydroxylation sites is 1. The maximum atomic E-state index is 12.6. The number of amides is 2. The van der Waals surface area contributed by atoms with Crippen LogP contribution in [0.25, 0.3) is 0 Å². The first kappa shape index (κ1) is 18.7. The smallest absolute Gasteiger partial charge is 0.227 e. The minimum Gasteiger partial charge on any atom is -0.340 e. The van der Waals surface area contributed by atoms with Crippen molar-refractivity contribution < 1.29 is 9.59 Å². The Kier molecular flexibility index (Phi) is 5.72. The molecule has 1 fully saturated rings. The number of hydrogen-bond acceptors (Lipinski definition) is 3. The molecule has 2 aliphatic rings. The lowest BCUT2D eigenvalue weighted by molar-refractivity contribution is -0.133. The number of nitrogens with zero attached hydrogens (tertiary/aromatic N) is 2. The minimum atomic E-state index is -0.113. The van der Waals surface area contributed by atoms with Gasteiger partial charge in [0.15, 0.2) is 0 Å². The van der Waals surface area contributed by atoms with Gasteiger partial charge in [-0.3, -0.25) is 14.5 Å². The molecule has 0 aliphatic carbocycles. The van der Waals surface area contributed by atoms with Gasteiger partial charge in [0.2, 0.25) is 11.8 Å². The van der Waals surface area contributed by atoms with Crippen LogP contribution in [-0.4, -0.2) is 47.8 Å². The molecule has 0 aromatic heterocycles. The molecule has 2 amide bonds. The summed E-state index contributed by atoms with van der Waals surface area (Å²) in [6, 6.07) is 18.4. The third-order valence-electron chi connectivity index (χ3n) is 5.79. The van der Waals surface area contributed by atoms with Crippen LogP contribution >= 0.6 is 0 Å². The third-order valence-corrected chi connectivity index (χ3v) is 5.79. The van der Waals surface area contributed by atoms with Gasteiger partial charge in [0.25, 0.3) is 0 Å². The number of rotatable bonds is 5. The summed E-state index contributed by atoms with van der Waals surface area (Å²) in [6.07, 6.45) is 1.78. The summed E-state index contributed by atoms with van der Waals surface area (Å²) in [5.74, 6) is 0.100. The maximum Gasteiger partial charge on any atom is 0.227 e. The van der Waals surface area contributed by atoms with E-state index in [2.05, 4.69) is 40.5 Å². The molecule has 1 N–H and O–H groups in total. The van der Waals surface area contributed by atoms with Crippen molar-refractivity contribution >= 4 is 17.5 Å². The lowest BCUT2D eigenvalue weighted by atomic mass is 9.89. The fourth-order valence-corrected chi connectivity index (χ4v) is 4.10. The highest BCUT2D eigenvalue weighted by Crippen LogP contribution is 2.27. The molecule has 0 bridgehead atoms. The molecule has 2 aromatic carbocycles. The Morgan fingerprint density at radius 1 is 0.964 bits per heavy atom. The van der Waals surface area contributed by atoms with E-state index < -0.39 is 0 Å². The third kappa shape index (κ3) is 4.42. The molecular weight excluding hydrogens is 350 g/mol. The highest BCUT2D eigenvalue weighted by atomic mass is 16.2. The molecule has 0 radical (unpaired) electrons. The van der Waals surface area contributed by atoms with E-state index >= 15 is 0 Å². The maximum absolute atomic E-state index is 12.6. The minimum absolute atomic E-state index is 0.0409. The van der Waals surface area contributed by atoms with Gasteiger partial charge in [0, 0.05) is 50.7 Å². The van der Waals surface area contributed by atoms with Crippen molar-refractivity contribution in [2.24, 2.45) is 5.92 Å². The van der Waals surface area contributed by atoms with Gasteiger partial charge in [-0.15, -0.1) is 0 Å². The second kappa shape index (κ2) is 8.57. The van der Waals surface area contributed by atoms with Crippen LogP contribution in [-0.2, 0) is 22.6 Å². The second-order valence-corrected chi connectivity index (χ2v) is 7.73. The topological polar surface area (TPSA) is 52.7 Å². The van der Waals surface area contributed by atoms with Crippen LogP contribution in [0.3, 0.4) is 0 Å². The fraction of sp³-hybridized carbons (Fsp3) is 0.391. The van der Waals surface area contributed by atoms with Crippen LogP contribution in [0, 0.1) is 5.92 Å². The summed E-state index contributed by atoms with van der Waals surface area (Å²) < 4.78 is 0. The lowest BCUT2D eigenvalue weighted by Crippen LogP contribution is -2.48. The summed E-state index contributed by atoms with van der Waals surface area (Å²) in [4.78, 5) is 29.3. The van der Waals surface area contributed by atoms with Crippen molar-refractivity contribution in [2.75, 3.05) is 31.5 Å². The predicted molar refractivity (Wildman–Crippen MR) is 110 cm³/mol. The first-order valence-corrected chi connectivity index (χ1v) is 10.1. The highest BCUT2D eigenvalue weighted by molar-refractivity contribution is 5.96. The van der Waals surface area contributed by atoms with Crippen LogP contribution in [0.2, 0.25) is 0 Å². The summed E-state index contributed by atoms with van der Waals surface area (Å²) in [5, 5.41) is 2.97. The molecule has 146 valence electrons. The molecule has 2 aliphatic heterocycles. The summed E-state index contributed by atoms with van der Waals surface area (Å²) >= 11 is 0. The summed E-state index contributed by atoms with van der Waals surface area (Å²) in [5.41, 5.74) is 3.38. The summed E-state index contributed by atoms with van der Waals surface area (Å²) in [6.45, 7) is 4.27. The molecule has 28 heavy (non-hydrogen) atoms. The van der Waals surface area contributed by atoms with Crippen molar-refractivity contribution in [3.05, 3.63) is 65.7 Å². The van der Waals surface area contributed by atoms with Gasteiger partial charge in [-0.05, 0) is 30.0 Å². The first-order valence-electron chi connectivity index (χ1n) is 10.1. The Morgan fingerprint density at radius 2 is 1.68 bits per heavy atom. The van der Waals surface area contributed by atoms with Crippen molar-refractivity contribution in [1.29, 1.82) is 0 Å². The van der Waals surface area contributed by atoms with Crippen LogP contribution < -0.4 is 5.32 Å². The van der Waals surface area contributed by atoms with Gasteiger partial charge < -0.3 is 10.2 Å². The zero-order valence-electron chi connectivity index (χ0n) is 16.1. The summed E-state index contributed by atoms with van der Waals surface area (Å²) in [7, 11) is 0. The molecule has 1 saturated heterocycles. The Balaban J connectivity index is 1.23. The number of hydrogen-bond donors (Lipinski definition) is 1. The van der Waals surface area contributed by atoms with Gasteiger partial charge in [0.05, 0.1) is 0 Å². The van der Waals surface area contributed by atoms with Crippen molar-refractivity contribution in [1.82, 2.24) is 9.80 Å². The van der Waals surface area contributed by atoms with E-state index in [0.29, 0.717) is 12.8 Å². The zero-order chi connectivity index (χ0) is 19.3. The number of piperazine rings is 1. The predicted octanol–water partition coefficient (Wildman–Crippen LogP) is 2.92. The van der Waals surface area contributed by atoms with E-state index in [0.717, 1.165) is 50.4 Å². The average molecular weight is 377 g/mol. The SMILES string of the molecule is O=C1Nc2ccccc2CC1CCC(=O)N1CCN(Cc2ccccc2)CC1. The standard InChI is InChI=1S/C23H27N3O2/c27-22(11-10-20-16-19-8-4-5-9-21(19)24-23(20)28)26-14-12-25(13-15-26)17-18-6-2-1-3-7-18/h1-9,20H,10-17H2,(H,24,28). The molecule has 0 spiro atoms. The number of carbonyl (C=O) groups is 2. The van der Waals surface area contributed by atoms with E-state index in [-0.39, 0.29) is 17.7 Å². The largest absolute Gasteiger partial charge is 0.340 e. The van der Waals surface area contributed by atoms with E-state index in [1.165, 1.54) is 5.56 Å². The van der Waals surface area contributed by atoms with Crippen LogP contribution in [0.15, 0.2) is 54.6 Å². The fourth-order valence-electron chi connectivity index (χ4n) is 4.10. The average Bonchev–Trinajstić information content (AvgIpc) is 2.73. The molecule has 4 rings (SSSR count). The Hall–Kier alpha value is -2.66. The van der Waals surface area contributed by atoms with Gasteiger partial charge in [-0.25, -0.2) is 0 Å². The van der Waals surface area contributed by atoms with Gasteiger partial charge in [0.1, 0.15) is 0 Å². The molecule has 2 heterocycles. The van der Waals surface area contributed by atoms with Crippen molar-refractivity contribution in [3.63, 3.8) is 0 Å². The van der Waals surface area contributed by atoms with Crippen molar-refractivity contribution in [3.8, 4) is 0 Å². The molecule has 1 atom stereocenters. The van der Waals surface area contributed by atoms with Crippen LogP contribution in [0.4, 0.5) is 5.69 Å². The van der Waals surface area contributed by atoms with E-state index in [4.69, 9.17) is 0 Å². The van der Waals surface area contributed by atoms with E-state index in [9.17, 15) is 9.59 Å². The Bertz CT molecular complexity index is 829. The monoisotopic (exact) mass is 377 g/mol. The van der Waals surface area contributed by atoms with Crippen LogP contribution in [0.1, 0.15) is 24.0 Å². The molecule has 0 saturated carbocycles. The molecule has 5 heteroatoms. The molecule has 5 nitrogen and oxygen atoms in total. The normalized spacial score (nSPS) is 19.8. The van der Waals surface area contributed by atoms with Crippen molar-refractivity contribution in [2.45, 2.75) is 25.8 Å². The van der Waals surface area contributed by atoms with E-state index in [1.54, 1.807) is 0 Å². The molecular formula is C23H27N3O2. The molecule has 2 aromatic rings. The Labute approximate surface area is 166 Å². The quantitative estimate of drug-likeness (QED) is 0.872. The van der Waals surface area contributed by atoms with Gasteiger partial charge in [-0.2, -0.15) is 0 Å². The molecule has 1 unspecified atom stereocenters. The number of carbonyl (C=O) groups excluding carboxylic acids is 2. The number of anilines is 1.